The Balaban J connectivity index is 1.86. The molecule has 2 aliphatic rings. The first kappa shape index (κ1) is 14.4. The van der Waals surface area contributed by atoms with Crippen LogP contribution in [0.5, 0.6) is 0 Å². The highest BCUT2D eigenvalue weighted by Crippen LogP contribution is 2.42. The normalized spacial score (nSPS) is 22.2. The van der Waals surface area contributed by atoms with Gasteiger partial charge in [-0.1, -0.05) is 18.9 Å². The minimum Gasteiger partial charge on any atom is -0.378 e. The standard InChI is InChI=1S/C16H23BrN2O/c17-14-11-13(16(12-18)5-1-2-6-16)3-4-15(14)19-7-9-20-10-8-19/h3-4,11H,1-2,5-10,12,18H2. The predicted octanol–water partition coefficient (Wildman–Crippen LogP) is 3.06. The van der Waals surface area contributed by atoms with E-state index in [9.17, 15) is 0 Å². The Morgan fingerprint density at radius 1 is 1.20 bits per heavy atom. The van der Waals surface area contributed by atoms with Crippen LogP contribution in [0.4, 0.5) is 5.69 Å². The summed E-state index contributed by atoms with van der Waals surface area (Å²) in [6.45, 7) is 4.35. The van der Waals surface area contributed by atoms with Crippen LogP contribution >= 0.6 is 15.9 Å². The van der Waals surface area contributed by atoms with Crippen LogP contribution in [0.1, 0.15) is 31.2 Å². The van der Waals surface area contributed by atoms with Crippen LogP contribution in [-0.4, -0.2) is 32.8 Å². The van der Waals surface area contributed by atoms with E-state index >= 15 is 0 Å². The van der Waals surface area contributed by atoms with Crippen LogP contribution in [-0.2, 0) is 10.2 Å². The van der Waals surface area contributed by atoms with Gasteiger partial charge < -0.3 is 15.4 Å². The zero-order chi connectivity index (χ0) is 14.0. The van der Waals surface area contributed by atoms with Gasteiger partial charge >= 0.3 is 0 Å². The summed E-state index contributed by atoms with van der Waals surface area (Å²) in [7, 11) is 0. The molecule has 1 aromatic rings. The summed E-state index contributed by atoms with van der Waals surface area (Å²) in [6.07, 6.45) is 5.07. The first-order valence-electron chi connectivity index (χ1n) is 7.58. The van der Waals surface area contributed by atoms with E-state index in [1.807, 2.05) is 0 Å². The van der Waals surface area contributed by atoms with Crippen LogP contribution in [0.25, 0.3) is 0 Å². The molecule has 0 bridgehead atoms. The second-order valence-corrected chi connectivity index (χ2v) is 6.81. The second-order valence-electron chi connectivity index (χ2n) is 5.96. The van der Waals surface area contributed by atoms with Crippen molar-refractivity contribution < 1.29 is 4.74 Å². The Morgan fingerprint density at radius 3 is 2.50 bits per heavy atom. The van der Waals surface area contributed by atoms with Gasteiger partial charge in [-0.25, -0.2) is 0 Å². The molecule has 1 saturated heterocycles. The van der Waals surface area contributed by atoms with Gasteiger partial charge in [-0.3, -0.25) is 0 Å². The van der Waals surface area contributed by atoms with Gasteiger partial charge in [0.1, 0.15) is 0 Å². The zero-order valence-electron chi connectivity index (χ0n) is 11.9. The lowest BCUT2D eigenvalue weighted by Gasteiger charge is -2.32. The van der Waals surface area contributed by atoms with Gasteiger partial charge in [0.25, 0.3) is 0 Å². The maximum absolute atomic E-state index is 6.09. The van der Waals surface area contributed by atoms with Crippen molar-refractivity contribution in [3.05, 3.63) is 28.2 Å². The molecule has 110 valence electrons. The quantitative estimate of drug-likeness (QED) is 0.920. The maximum atomic E-state index is 6.09. The molecule has 3 rings (SSSR count). The molecule has 0 spiro atoms. The fourth-order valence-corrected chi connectivity index (χ4v) is 4.19. The van der Waals surface area contributed by atoms with Crippen LogP contribution in [0.15, 0.2) is 22.7 Å². The predicted molar refractivity (Wildman–Crippen MR) is 86.4 cm³/mol. The molecular formula is C16H23BrN2O. The number of morpholine rings is 1. The topological polar surface area (TPSA) is 38.5 Å². The number of halogens is 1. The van der Waals surface area contributed by atoms with Crippen molar-refractivity contribution in [3.8, 4) is 0 Å². The first-order chi connectivity index (χ1) is 9.75. The number of benzene rings is 1. The monoisotopic (exact) mass is 338 g/mol. The van der Waals surface area contributed by atoms with Gasteiger partial charge in [-0.05, 0) is 46.5 Å². The van der Waals surface area contributed by atoms with Gasteiger partial charge in [0.15, 0.2) is 0 Å². The van der Waals surface area contributed by atoms with Crippen molar-refractivity contribution >= 4 is 21.6 Å². The van der Waals surface area contributed by atoms with Crippen LogP contribution in [0, 0.1) is 0 Å². The Labute approximate surface area is 129 Å². The van der Waals surface area contributed by atoms with E-state index in [0.29, 0.717) is 0 Å². The molecule has 0 aromatic heterocycles. The highest BCUT2D eigenvalue weighted by atomic mass is 79.9. The molecule has 1 saturated carbocycles. The molecule has 1 heterocycles. The number of rotatable bonds is 3. The van der Waals surface area contributed by atoms with E-state index < -0.39 is 0 Å². The SMILES string of the molecule is NCC1(c2ccc(N3CCOCC3)c(Br)c2)CCCC1. The lowest BCUT2D eigenvalue weighted by atomic mass is 9.79. The van der Waals surface area contributed by atoms with Crippen molar-refractivity contribution in [1.82, 2.24) is 0 Å². The highest BCUT2D eigenvalue weighted by Gasteiger charge is 2.34. The molecule has 0 amide bonds. The van der Waals surface area contributed by atoms with E-state index in [2.05, 4.69) is 39.0 Å². The fourth-order valence-electron chi connectivity index (χ4n) is 3.56. The Morgan fingerprint density at radius 2 is 1.90 bits per heavy atom. The largest absolute Gasteiger partial charge is 0.378 e. The molecule has 1 aliphatic heterocycles. The Kier molecular flexibility index (Phi) is 4.34. The van der Waals surface area contributed by atoms with Gasteiger partial charge in [-0.2, -0.15) is 0 Å². The lowest BCUT2D eigenvalue weighted by molar-refractivity contribution is 0.122. The average Bonchev–Trinajstić information content (AvgIpc) is 2.98. The molecular weight excluding hydrogens is 316 g/mol. The van der Waals surface area contributed by atoms with E-state index in [-0.39, 0.29) is 5.41 Å². The van der Waals surface area contributed by atoms with E-state index in [4.69, 9.17) is 10.5 Å². The smallest absolute Gasteiger partial charge is 0.0642 e. The van der Waals surface area contributed by atoms with Crippen molar-refractivity contribution in [1.29, 1.82) is 0 Å². The number of nitrogens with zero attached hydrogens (tertiary/aromatic N) is 1. The van der Waals surface area contributed by atoms with Crippen molar-refractivity contribution in [2.24, 2.45) is 5.73 Å². The maximum Gasteiger partial charge on any atom is 0.0642 e. The molecule has 1 aromatic carbocycles. The third-order valence-electron chi connectivity index (χ3n) is 4.86. The third kappa shape index (κ3) is 2.61. The van der Waals surface area contributed by atoms with E-state index in [1.165, 1.54) is 41.4 Å². The summed E-state index contributed by atoms with van der Waals surface area (Å²) in [5.41, 5.74) is 8.99. The third-order valence-corrected chi connectivity index (χ3v) is 5.50. The van der Waals surface area contributed by atoms with Crippen molar-refractivity contribution in [2.75, 3.05) is 37.7 Å². The fraction of sp³-hybridized carbons (Fsp3) is 0.625. The summed E-state index contributed by atoms with van der Waals surface area (Å²) in [5, 5.41) is 0. The summed E-state index contributed by atoms with van der Waals surface area (Å²) >= 11 is 3.76. The molecule has 2 fully saturated rings. The van der Waals surface area contributed by atoms with Gasteiger partial charge in [0.2, 0.25) is 0 Å². The number of ether oxygens (including phenoxy) is 1. The summed E-state index contributed by atoms with van der Waals surface area (Å²) in [4.78, 5) is 2.39. The van der Waals surface area contributed by atoms with E-state index in [1.54, 1.807) is 0 Å². The summed E-state index contributed by atoms with van der Waals surface area (Å²) in [5.74, 6) is 0. The summed E-state index contributed by atoms with van der Waals surface area (Å²) in [6, 6.07) is 6.83. The highest BCUT2D eigenvalue weighted by molar-refractivity contribution is 9.10. The first-order valence-corrected chi connectivity index (χ1v) is 8.37. The van der Waals surface area contributed by atoms with Crippen LogP contribution in [0.3, 0.4) is 0 Å². The number of hydrogen-bond acceptors (Lipinski definition) is 3. The zero-order valence-corrected chi connectivity index (χ0v) is 13.5. The number of nitrogens with two attached hydrogens (primary N) is 1. The molecule has 1 aliphatic carbocycles. The Hall–Kier alpha value is -0.580. The molecule has 0 atom stereocenters. The molecule has 4 heteroatoms. The van der Waals surface area contributed by atoms with Crippen LogP contribution in [0.2, 0.25) is 0 Å². The summed E-state index contributed by atoms with van der Waals surface area (Å²) < 4.78 is 6.62. The van der Waals surface area contributed by atoms with Crippen molar-refractivity contribution in [2.45, 2.75) is 31.1 Å². The molecule has 2 N–H and O–H groups in total. The minimum atomic E-state index is 0.214. The molecule has 0 unspecified atom stereocenters. The molecule has 3 nitrogen and oxygen atoms in total. The van der Waals surface area contributed by atoms with E-state index in [0.717, 1.165) is 32.8 Å². The lowest BCUT2D eigenvalue weighted by Crippen LogP contribution is -2.36. The van der Waals surface area contributed by atoms with Gasteiger partial charge in [-0.15, -0.1) is 0 Å². The Bertz CT molecular complexity index is 466. The number of anilines is 1. The number of hydrogen-bond donors (Lipinski definition) is 1. The van der Waals surface area contributed by atoms with Gasteiger partial charge in [0, 0.05) is 29.5 Å². The minimum absolute atomic E-state index is 0.214. The molecule has 0 radical (unpaired) electrons. The molecule has 20 heavy (non-hydrogen) atoms. The second kappa shape index (κ2) is 6.04. The van der Waals surface area contributed by atoms with Gasteiger partial charge in [0.05, 0.1) is 18.9 Å². The van der Waals surface area contributed by atoms with Crippen molar-refractivity contribution in [3.63, 3.8) is 0 Å². The van der Waals surface area contributed by atoms with Crippen LogP contribution < -0.4 is 10.6 Å². The average molecular weight is 339 g/mol.